The largest absolute Gasteiger partial charge is 0.497 e. The first kappa shape index (κ1) is 21.3. The molecule has 1 saturated heterocycles. The molecule has 0 bridgehead atoms. The Bertz CT molecular complexity index is 1100. The Kier molecular flexibility index (Phi) is 6.41. The number of benzene rings is 3. The maximum absolute atomic E-state index is 5.66. The molecule has 1 atom stereocenters. The molecule has 7 nitrogen and oxygen atoms in total. The molecule has 2 heterocycles. The molecule has 1 fully saturated rings. The van der Waals surface area contributed by atoms with E-state index in [1.807, 2.05) is 28.9 Å². The minimum absolute atomic E-state index is 0.0234. The van der Waals surface area contributed by atoms with E-state index in [9.17, 15) is 0 Å². The summed E-state index contributed by atoms with van der Waals surface area (Å²) >= 11 is 0. The molecule has 33 heavy (non-hydrogen) atoms. The first-order chi connectivity index (χ1) is 16.3. The lowest BCUT2D eigenvalue weighted by molar-refractivity contribution is -0.933. The Morgan fingerprint density at radius 2 is 1.42 bits per heavy atom. The molecule has 4 aromatic rings. The number of quaternary nitrogens is 1. The molecule has 1 aliphatic heterocycles. The monoisotopic (exact) mass is 442 g/mol. The molecule has 5 rings (SSSR count). The van der Waals surface area contributed by atoms with Gasteiger partial charge in [-0.2, -0.15) is 0 Å². The number of hydrogen-bond acceptors (Lipinski definition) is 5. The van der Waals surface area contributed by atoms with E-state index in [0.717, 1.165) is 54.6 Å². The van der Waals surface area contributed by atoms with E-state index in [-0.39, 0.29) is 12.1 Å². The van der Waals surface area contributed by atoms with Gasteiger partial charge in [0.25, 0.3) is 0 Å². The van der Waals surface area contributed by atoms with Crippen LogP contribution in [0.1, 0.15) is 34.6 Å². The lowest BCUT2D eigenvalue weighted by atomic mass is 9.97. The van der Waals surface area contributed by atoms with Crippen molar-refractivity contribution >= 4 is 0 Å². The van der Waals surface area contributed by atoms with Gasteiger partial charge in [-0.25, -0.2) is 4.68 Å². The van der Waals surface area contributed by atoms with Crippen LogP contribution in [0, 0.1) is 0 Å². The molecule has 0 amide bonds. The van der Waals surface area contributed by atoms with Crippen LogP contribution in [0.2, 0.25) is 0 Å². The number of rotatable bonds is 7. The van der Waals surface area contributed by atoms with Crippen molar-refractivity contribution in [2.75, 3.05) is 33.4 Å². The second-order valence-electron chi connectivity index (χ2n) is 8.18. The van der Waals surface area contributed by atoms with Gasteiger partial charge in [-0.15, -0.1) is 5.10 Å². The number of morpholine rings is 1. The quantitative estimate of drug-likeness (QED) is 0.476. The van der Waals surface area contributed by atoms with Crippen molar-refractivity contribution < 1.29 is 14.4 Å². The summed E-state index contributed by atoms with van der Waals surface area (Å²) in [6.45, 7) is 3.24. The topological polar surface area (TPSA) is 66.5 Å². The number of tetrazole rings is 1. The zero-order valence-corrected chi connectivity index (χ0v) is 18.7. The summed E-state index contributed by atoms with van der Waals surface area (Å²) in [5.74, 6) is 1.68. The van der Waals surface area contributed by atoms with E-state index in [2.05, 4.69) is 76.2 Å². The van der Waals surface area contributed by atoms with Gasteiger partial charge < -0.3 is 14.4 Å². The third-order valence-corrected chi connectivity index (χ3v) is 6.24. The second-order valence-corrected chi connectivity index (χ2v) is 8.18. The average Bonchev–Trinajstić information content (AvgIpc) is 3.35. The van der Waals surface area contributed by atoms with Crippen LogP contribution in [0.25, 0.3) is 0 Å². The van der Waals surface area contributed by atoms with Gasteiger partial charge in [0.05, 0.1) is 20.3 Å². The molecule has 168 valence electrons. The molecular formula is C26H28N5O2+. The van der Waals surface area contributed by atoms with Gasteiger partial charge in [0, 0.05) is 5.56 Å². The lowest BCUT2D eigenvalue weighted by Crippen LogP contribution is -3.14. The normalized spacial score (nSPS) is 15.5. The lowest BCUT2D eigenvalue weighted by Gasteiger charge is -2.32. The predicted molar refractivity (Wildman–Crippen MR) is 124 cm³/mol. The van der Waals surface area contributed by atoms with Crippen molar-refractivity contribution in [2.24, 2.45) is 0 Å². The smallest absolute Gasteiger partial charge is 0.215 e. The Morgan fingerprint density at radius 1 is 0.818 bits per heavy atom. The third-order valence-electron chi connectivity index (χ3n) is 6.24. The van der Waals surface area contributed by atoms with Gasteiger partial charge in [-0.05, 0) is 45.8 Å². The van der Waals surface area contributed by atoms with E-state index >= 15 is 0 Å². The standard InChI is InChI=1S/C26H27N5O2/c1-32-23-14-12-22(13-15-23)25(30-16-18-33-19-17-30)26-27-28-29-31(26)24(20-8-4-2-5-9-20)21-10-6-3-7-11-21/h2-15,24-25H,16-19H2,1H3/p+1/t25-/m0/s1. The molecule has 0 radical (unpaired) electrons. The van der Waals surface area contributed by atoms with Crippen LogP contribution in [0.15, 0.2) is 84.9 Å². The molecular weight excluding hydrogens is 414 g/mol. The van der Waals surface area contributed by atoms with E-state index in [1.165, 1.54) is 4.90 Å². The zero-order chi connectivity index (χ0) is 22.5. The van der Waals surface area contributed by atoms with Gasteiger partial charge >= 0.3 is 0 Å². The Balaban J connectivity index is 1.63. The van der Waals surface area contributed by atoms with E-state index in [1.54, 1.807) is 7.11 Å². The van der Waals surface area contributed by atoms with E-state index < -0.39 is 0 Å². The van der Waals surface area contributed by atoms with Crippen LogP contribution in [-0.2, 0) is 4.74 Å². The number of aromatic nitrogens is 4. The molecule has 7 heteroatoms. The van der Waals surface area contributed by atoms with Crippen molar-refractivity contribution in [2.45, 2.75) is 12.1 Å². The molecule has 3 aromatic carbocycles. The first-order valence-electron chi connectivity index (χ1n) is 11.3. The number of hydrogen-bond donors (Lipinski definition) is 1. The van der Waals surface area contributed by atoms with Gasteiger partial charge in [0.2, 0.25) is 5.82 Å². The van der Waals surface area contributed by atoms with Crippen molar-refractivity contribution in [3.63, 3.8) is 0 Å². The van der Waals surface area contributed by atoms with Crippen LogP contribution in [-0.4, -0.2) is 53.6 Å². The Morgan fingerprint density at radius 3 is 2.00 bits per heavy atom. The fraction of sp³-hybridized carbons (Fsp3) is 0.269. The van der Waals surface area contributed by atoms with Crippen LogP contribution in [0.5, 0.6) is 5.75 Å². The fourth-order valence-corrected chi connectivity index (χ4v) is 4.61. The average molecular weight is 443 g/mol. The van der Waals surface area contributed by atoms with Gasteiger partial charge in [0.15, 0.2) is 6.04 Å². The summed E-state index contributed by atoms with van der Waals surface area (Å²) in [6, 6.07) is 28.9. The summed E-state index contributed by atoms with van der Waals surface area (Å²) in [5.41, 5.74) is 3.44. The highest BCUT2D eigenvalue weighted by Crippen LogP contribution is 2.29. The number of methoxy groups -OCH3 is 1. The summed E-state index contributed by atoms with van der Waals surface area (Å²) in [6.07, 6.45) is 0. The second kappa shape index (κ2) is 9.94. The molecule has 0 aliphatic carbocycles. The van der Waals surface area contributed by atoms with Crippen molar-refractivity contribution in [1.29, 1.82) is 0 Å². The summed E-state index contributed by atoms with van der Waals surface area (Å²) in [4.78, 5) is 1.39. The highest BCUT2D eigenvalue weighted by Gasteiger charge is 2.35. The molecule has 1 N–H and O–H groups in total. The van der Waals surface area contributed by atoms with Crippen LogP contribution < -0.4 is 9.64 Å². The number of nitrogens with zero attached hydrogens (tertiary/aromatic N) is 4. The van der Waals surface area contributed by atoms with Gasteiger partial charge in [-0.3, -0.25) is 0 Å². The first-order valence-corrected chi connectivity index (χ1v) is 11.3. The zero-order valence-electron chi connectivity index (χ0n) is 18.7. The van der Waals surface area contributed by atoms with Crippen LogP contribution in [0.3, 0.4) is 0 Å². The van der Waals surface area contributed by atoms with E-state index in [4.69, 9.17) is 9.47 Å². The van der Waals surface area contributed by atoms with Crippen LogP contribution >= 0.6 is 0 Å². The minimum atomic E-state index is -0.126. The maximum Gasteiger partial charge on any atom is 0.215 e. The van der Waals surface area contributed by atoms with Crippen molar-refractivity contribution in [3.05, 3.63) is 107 Å². The van der Waals surface area contributed by atoms with E-state index in [0.29, 0.717) is 0 Å². The van der Waals surface area contributed by atoms with Crippen molar-refractivity contribution in [1.82, 2.24) is 20.2 Å². The minimum Gasteiger partial charge on any atom is -0.497 e. The molecule has 1 aliphatic rings. The Hall–Kier alpha value is -3.55. The third kappa shape index (κ3) is 4.51. The maximum atomic E-state index is 5.66. The highest BCUT2D eigenvalue weighted by molar-refractivity contribution is 5.34. The SMILES string of the molecule is COc1ccc([C@@H](c2nnnn2C(c2ccccc2)c2ccccc2)[NH+]2CCOCC2)cc1. The molecule has 0 unspecified atom stereocenters. The molecule has 1 aromatic heterocycles. The summed E-state index contributed by atoms with van der Waals surface area (Å²) in [5, 5.41) is 13.3. The van der Waals surface area contributed by atoms with Gasteiger partial charge in [0.1, 0.15) is 24.9 Å². The summed E-state index contributed by atoms with van der Waals surface area (Å²) < 4.78 is 13.0. The predicted octanol–water partition coefficient (Wildman–Crippen LogP) is 2.32. The van der Waals surface area contributed by atoms with Crippen molar-refractivity contribution in [3.8, 4) is 5.75 Å². The highest BCUT2D eigenvalue weighted by atomic mass is 16.5. The number of ether oxygens (including phenoxy) is 2. The molecule has 0 spiro atoms. The van der Waals surface area contributed by atoms with Gasteiger partial charge in [-0.1, -0.05) is 60.7 Å². The summed E-state index contributed by atoms with van der Waals surface area (Å²) in [7, 11) is 1.69. The fourth-order valence-electron chi connectivity index (χ4n) is 4.61. The Labute approximate surface area is 193 Å². The number of nitrogens with one attached hydrogen (secondary N) is 1. The molecule has 0 saturated carbocycles. The van der Waals surface area contributed by atoms with Crippen LogP contribution in [0.4, 0.5) is 0 Å².